The van der Waals surface area contributed by atoms with E-state index in [1.165, 1.54) is 24.1 Å². The Labute approximate surface area is 153 Å². The fourth-order valence-electron chi connectivity index (χ4n) is 2.36. The molecule has 1 saturated heterocycles. The van der Waals surface area contributed by atoms with Gasteiger partial charge in [0.2, 0.25) is 0 Å². The van der Waals surface area contributed by atoms with Crippen molar-refractivity contribution in [2.45, 2.75) is 0 Å². The van der Waals surface area contributed by atoms with Gasteiger partial charge in [-0.2, -0.15) is 0 Å². The third kappa shape index (κ3) is 3.40. The lowest BCUT2D eigenvalue weighted by Gasteiger charge is -2.13. The Hall–Kier alpha value is -2.71. The smallest absolute Gasteiger partial charge is 0.311 e. The van der Waals surface area contributed by atoms with Gasteiger partial charge in [-0.1, -0.05) is 48.2 Å². The van der Waals surface area contributed by atoms with Crippen LogP contribution < -0.4 is 9.64 Å². The molecule has 25 heavy (non-hydrogen) atoms. The van der Waals surface area contributed by atoms with Crippen molar-refractivity contribution >= 4 is 51.7 Å². The van der Waals surface area contributed by atoms with Crippen LogP contribution in [0, 0.1) is 10.1 Å². The number of nitro groups is 1. The van der Waals surface area contributed by atoms with Crippen molar-refractivity contribution < 1.29 is 14.5 Å². The molecule has 3 rings (SSSR count). The Kier molecular flexibility index (Phi) is 4.82. The number of carbonyl (C=O) groups is 1. The summed E-state index contributed by atoms with van der Waals surface area (Å²) in [6, 6.07) is 13.6. The van der Waals surface area contributed by atoms with E-state index in [0.717, 1.165) is 11.8 Å². The van der Waals surface area contributed by atoms with Crippen molar-refractivity contribution in [3.05, 3.63) is 69.1 Å². The number of methoxy groups -OCH3 is 1. The van der Waals surface area contributed by atoms with Crippen LogP contribution in [-0.4, -0.2) is 22.3 Å². The normalized spacial score (nSPS) is 15.7. The molecule has 1 aliphatic heterocycles. The van der Waals surface area contributed by atoms with Crippen molar-refractivity contribution in [3.63, 3.8) is 0 Å². The van der Waals surface area contributed by atoms with Crippen LogP contribution in [0.15, 0.2) is 53.4 Å². The molecule has 0 spiro atoms. The molecule has 1 aliphatic rings. The molecule has 126 valence electrons. The summed E-state index contributed by atoms with van der Waals surface area (Å²) in [4.78, 5) is 25.1. The molecule has 2 aromatic rings. The molecule has 2 aromatic carbocycles. The van der Waals surface area contributed by atoms with Gasteiger partial charge in [0.15, 0.2) is 10.1 Å². The fraction of sp³-hybridized carbons (Fsp3) is 0.0588. The first-order valence-electron chi connectivity index (χ1n) is 7.16. The zero-order valence-electron chi connectivity index (χ0n) is 13.0. The highest BCUT2D eigenvalue weighted by Crippen LogP contribution is 2.37. The quantitative estimate of drug-likeness (QED) is 0.349. The third-order valence-electron chi connectivity index (χ3n) is 3.51. The molecule has 0 saturated carbocycles. The molecule has 0 aliphatic carbocycles. The van der Waals surface area contributed by atoms with E-state index >= 15 is 0 Å². The second-order valence-corrected chi connectivity index (χ2v) is 6.72. The standard InChI is InChI=1S/C17H12N2O4S2/c1-23-14-8-7-11(9-13(14)19(21)22)10-15-16(20)18(17(24)25-15)12-5-3-2-4-6-12/h2-10H,1H3. The highest BCUT2D eigenvalue weighted by molar-refractivity contribution is 8.27. The average molecular weight is 372 g/mol. The molecular weight excluding hydrogens is 360 g/mol. The Morgan fingerprint density at radius 1 is 1.24 bits per heavy atom. The van der Waals surface area contributed by atoms with Crippen molar-refractivity contribution in [3.8, 4) is 5.75 Å². The van der Waals surface area contributed by atoms with Crippen LogP contribution in [0.1, 0.15) is 5.56 Å². The summed E-state index contributed by atoms with van der Waals surface area (Å²) in [6.45, 7) is 0. The first-order chi connectivity index (χ1) is 12.0. The van der Waals surface area contributed by atoms with Crippen LogP contribution in [0.2, 0.25) is 0 Å². The number of hydrogen-bond donors (Lipinski definition) is 0. The molecule has 0 aromatic heterocycles. The van der Waals surface area contributed by atoms with Crippen LogP contribution in [0.5, 0.6) is 5.75 Å². The first kappa shape index (κ1) is 17.1. The SMILES string of the molecule is COc1ccc(C=C2SC(=S)N(c3ccccc3)C2=O)cc1[N+](=O)[O-]. The predicted octanol–water partition coefficient (Wildman–Crippen LogP) is 4.01. The molecule has 0 radical (unpaired) electrons. The molecule has 0 bridgehead atoms. The monoisotopic (exact) mass is 372 g/mol. The van der Waals surface area contributed by atoms with E-state index in [9.17, 15) is 14.9 Å². The maximum absolute atomic E-state index is 12.7. The minimum absolute atomic E-state index is 0.158. The summed E-state index contributed by atoms with van der Waals surface area (Å²) < 4.78 is 5.40. The number of anilines is 1. The van der Waals surface area contributed by atoms with Crippen LogP contribution >= 0.6 is 24.0 Å². The van der Waals surface area contributed by atoms with E-state index in [0.29, 0.717) is 20.5 Å². The minimum Gasteiger partial charge on any atom is -0.490 e. The number of thiocarbonyl (C=S) groups is 1. The number of thioether (sulfide) groups is 1. The Bertz CT molecular complexity index is 897. The van der Waals surface area contributed by atoms with Crippen LogP contribution in [-0.2, 0) is 4.79 Å². The fourth-order valence-corrected chi connectivity index (χ4v) is 3.66. The Morgan fingerprint density at radius 2 is 1.96 bits per heavy atom. The second kappa shape index (κ2) is 7.04. The molecule has 0 N–H and O–H groups in total. The van der Waals surface area contributed by atoms with E-state index < -0.39 is 4.92 Å². The zero-order valence-corrected chi connectivity index (χ0v) is 14.7. The lowest BCUT2D eigenvalue weighted by Crippen LogP contribution is -2.27. The number of hydrogen-bond acceptors (Lipinski definition) is 6. The molecule has 8 heteroatoms. The lowest BCUT2D eigenvalue weighted by molar-refractivity contribution is -0.385. The second-order valence-electron chi connectivity index (χ2n) is 5.04. The van der Waals surface area contributed by atoms with Gasteiger partial charge in [-0.25, -0.2) is 0 Å². The summed E-state index contributed by atoms with van der Waals surface area (Å²) in [5.41, 5.74) is 1.06. The Balaban J connectivity index is 1.95. The van der Waals surface area contributed by atoms with E-state index in [1.54, 1.807) is 24.3 Å². The number of para-hydroxylation sites is 1. The van der Waals surface area contributed by atoms with Crippen molar-refractivity contribution in [2.75, 3.05) is 12.0 Å². The van der Waals surface area contributed by atoms with Crippen LogP contribution in [0.25, 0.3) is 6.08 Å². The minimum atomic E-state index is -0.522. The summed E-state index contributed by atoms with van der Waals surface area (Å²) >= 11 is 6.46. The van der Waals surface area contributed by atoms with Gasteiger partial charge in [-0.3, -0.25) is 19.8 Å². The van der Waals surface area contributed by atoms with Crippen LogP contribution in [0.4, 0.5) is 11.4 Å². The largest absolute Gasteiger partial charge is 0.490 e. The number of carbonyl (C=O) groups excluding carboxylic acids is 1. The number of amides is 1. The van der Waals surface area contributed by atoms with Gasteiger partial charge in [-0.05, 0) is 29.8 Å². The average Bonchev–Trinajstić information content (AvgIpc) is 2.89. The predicted molar refractivity (Wildman–Crippen MR) is 102 cm³/mol. The molecule has 1 heterocycles. The number of nitro benzene ring substituents is 1. The molecular formula is C17H12N2O4S2. The van der Waals surface area contributed by atoms with Crippen molar-refractivity contribution in [1.82, 2.24) is 0 Å². The molecule has 0 unspecified atom stereocenters. The van der Waals surface area contributed by atoms with E-state index in [1.807, 2.05) is 18.2 Å². The first-order valence-corrected chi connectivity index (χ1v) is 8.39. The Morgan fingerprint density at radius 3 is 2.60 bits per heavy atom. The number of ether oxygens (including phenoxy) is 1. The molecule has 1 amide bonds. The van der Waals surface area contributed by atoms with Gasteiger partial charge in [0.25, 0.3) is 5.91 Å². The third-order valence-corrected chi connectivity index (χ3v) is 4.81. The summed E-state index contributed by atoms with van der Waals surface area (Å²) in [6.07, 6.45) is 1.59. The summed E-state index contributed by atoms with van der Waals surface area (Å²) in [5.74, 6) is -0.0846. The molecule has 0 atom stereocenters. The zero-order chi connectivity index (χ0) is 18.0. The van der Waals surface area contributed by atoms with Gasteiger partial charge in [-0.15, -0.1) is 0 Å². The number of nitrogens with zero attached hydrogens (tertiary/aromatic N) is 2. The topological polar surface area (TPSA) is 72.7 Å². The summed E-state index contributed by atoms with van der Waals surface area (Å²) in [5, 5.41) is 11.1. The van der Waals surface area contributed by atoms with E-state index in [2.05, 4.69) is 0 Å². The van der Waals surface area contributed by atoms with Gasteiger partial charge in [0.05, 0.1) is 22.6 Å². The van der Waals surface area contributed by atoms with Gasteiger partial charge in [0, 0.05) is 6.07 Å². The van der Waals surface area contributed by atoms with Gasteiger partial charge >= 0.3 is 5.69 Å². The number of rotatable bonds is 4. The highest BCUT2D eigenvalue weighted by Gasteiger charge is 2.33. The maximum Gasteiger partial charge on any atom is 0.311 e. The van der Waals surface area contributed by atoms with E-state index in [-0.39, 0.29) is 17.3 Å². The highest BCUT2D eigenvalue weighted by atomic mass is 32.2. The van der Waals surface area contributed by atoms with Crippen molar-refractivity contribution in [2.24, 2.45) is 0 Å². The van der Waals surface area contributed by atoms with Gasteiger partial charge < -0.3 is 4.74 Å². The van der Waals surface area contributed by atoms with Crippen LogP contribution in [0.3, 0.4) is 0 Å². The summed E-state index contributed by atoms with van der Waals surface area (Å²) in [7, 11) is 1.37. The van der Waals surface area contributed by atoms with Crippen molar-refractivity contribution in [1.29, 1.82) is 0 Å². The lowest BCUT2D eigenvalue weighted by atomic mass is 10.1. The number of benzene rings is 2. The van der Waals surface area contributed by atoms with E-state index in [4.69, 9.17) is 17.0 Å². The molecule has 1 fully saturated rings. The van der Waals surface area contributed by atoms with Gasteiger partial charge in [0.1, 0.15) is 0 Å². The molecule has 6 nitrogen and oxygen atoms in total. The maximum atomic E-state index is 12.7.